The van der Waals surface area contributed by atoms with Crippen LogP contribution in [0.2, 0.25) is 5.02 Å². The molecule has 128 valence electrons. The lowest BCUT2D eigenvalue weighted by atomic mass is 10.3. The number of carbonyl (C=O) groups excluding carboxylic acids is 1. The highest BCUT2D eigenvalue weighted by molar-refractivity contribution is 6.33. The van der Waals surface area contributed by atoms with Gasteiger partial charge in [0, 0.05) is 38.6 Å². The van der Waals surface area contributed by atoms with Crippen LogP contribution in [-0.2, 0) is 6.54 Å². The molecule has 24 heavy (non-hydrogen) atoms. The summed E-state index contributed by atoms with van der Waals surface area (Å²) in [6.45, 7) is 3.34. The Bertz CT molecular complexity index is 669. The van der Waals surface area contributed by atoms with Crippen LogP contribution in [0, 0.1) is 0 Å². The van der Waals surface area contributed by atoms with Gasteiger partial charge in [-0.25, -0.2) is 15.0 Å². The first-order valence-corrected chi connectivity index (χ1v) is 8.63. The van der Waals surface area contributed by atoms with Crippen molar-refractivity contribution < 1.29 is 4.79 Å². The number of rotatable bonds is 7. The van der Waals surface area contributed by atoms with Crippen molar-refractivity contribution in [2.75, 3.05) is 24.5 Å². The lowest BCUT2D eigenvalue weighted by Crippen LogP contribution is -2.28. The Labute approximate surface area is 146 Å². The van der Waals surface area contributed by atoms with E-state index in [0.29, 0.717) is 12.5 Å². The molecule has 7 nitrogen and oxygen atoms in total. The Hall–Kier alpha value is -2.15. The van der Waals surface area contributed by atoms with Crippen LogP contribution in [0.5, 0.6) is 0 Å². The smallest absolute Gasteiger partial charge is 0.271 e. The van der Waals surface area contributed by atoms with E-state index in [1.54, 1.807) is 12.5 Å². The molecule has 0 radical (unpaired) electrons. The minimum atomic E-state index is -0.245. The molecule has 1 amide bonds. The third kappa shape index (κ3) is 4.23. The van der Waals surface area contributed by atoms with Gasteiger partial charge in [-0.3, -0.25) is 4.79 Å². The average Bonchev–Trinajstić information content (AvgIpc) is 3.28. The fourth-order valence-corrected chi connectivity index (χ4v) is 2.89. The number of imidazole rings is 1. The highest BCUT2D eigenvalue weighted by atomic mass is 35.5. The molecule has 0 aliphatic carbocycles. The van der Waals surface area contributed by atoms with Gasteiger partial charge < -0.3 is 14.8 Å². The molecule has 1 N–H and O–H groups in total. The van der Waals surface area contributed by atoms with Gasteiger partial charge >= 0.3 is 0 Å². The standard InChI is InChI=1S/C16H21ClN6O/c17-13-11-20-16(23-8-3-4-9-23)21-14(13)15(24)19-5-1-2-7-22-10-6-18-12-22/h6,10-12H,1-5,7-9H2,(H,19,24). The normalized spacial score (nSPS) is 14.1. The van der Waals surface area contributed by atoms with Crippen molar-refractivity contribution in [3.05, 3.63) is 35.6 Å². The second-order valence-corrected chi connectivity index (χ2v) is 6.23. The first kappa shape index (κ1) is 16.7. The molecule has 0 atom stereocenters. The Morgan fingerprint density at radius 1 is 1.29 bits per heavy atom. The molecular formula is C16H21ClN6O. The highest BCUT2D eigenvalue weighted by Gasteiger charge is 2.19. The van der Waals surface area contributed by atoms with Crippen molar-refractivity contribution in [1.82, 2.24) is 24.8 Å². The number of aryl methyl sites for hydroxylation is 1. The molecule has 3 rings (SSSR count). The second kappa shape index (κ2) is 8.10. The van der Waals surface area contributed by atoms with Crippen LogP contribution in [-0.4, -0.2) is 45.1 Å². The molecule has 0 bridgehead atoms. The first-order chi connectivity index (χ1) is 11.7. The minimum absolute atomic E-state index is 0.245. The molecule has 1 fully saturated rings. The number of nitrogens with zero attached hydrogens (tertiary/aromatic N) is 5. The van der Waals surface area contributed by atoms with Gasteiger partial charge in [0.25, 0.3) is 5.91 Å². The van der Waals surface area contributed by atoms with E-state index in [4.69, 9.17) is 11.6 Å². The van der Waals surface area contributed by atoms with Crippen LogP contribution >= 0.6 is 11.6 Å². The molecule has 0 unspecified atom stereocenters. The fourth-order valence-electron chi connectivity index (χ4n) is 2.71. The third-order valence-corrected chi connectivity index (χ3v) is 4.30. The van der Waals surface area contributed by atoms with E-state index >= 15 is 0 Å². The van der Waals surface area contributed by atoms with Crippen molar-refractivity contribution in [2.24, 2.45) is 0 Å². The number of anilines is 1. The summed E-state index contributed by atoms with van der Waals surface area (Å²) in [6.07, 6.45) is 11.1. The molecule has 2 aromatic heterocycles. The largest absolute Gasteiger partial charge is 0.351 e. The zero-order chi connectivity index (χ0) is 16.8. The summed E-state index contributed by atoms with van der Waals surface area (Å²) in [7, 11) is 0. The summed E-state index contributed by atoms with van der Waals surface area (Å²) in [6, 6.07) is 0. The number of amides is 1. The van der Waals surface area contributed by atoms with Gasteiger partial charge in [0.2, 0.25) is 5.95 Å². The van der Waals surface area contributed by atoms with E-state index in [0.717, 1.165) is 45.3 Å². The summed E-state index contributed by atoms with van der Waals surface area (Å²) in [5, 5.41) is 3.17. The Kier molecular flexibility index (Phi) is 5.63. The van der Waals surface area contributed by atoms with Crippen LogP contribution in [0.25, 0.3) is 0 Å². The maximum Gasteiger partial charge on any atom is 0.271 e. The van der Waals surface area contributed by atoms with Gasteiger partial charge in [-0.05, 0) is 25.7 Å². The predicted octanol–water partition coefficient (Wildman–Crippen LogP) is 2.14. The van der Waals surface area contributed by atoms with Crippen LogP contribution in [0.1, 0.15) is 36.2 Å². The zero-order valence-electron chi connectivity index (χ0n) is 13.5. The molecule has 3 heterocycles. The lowest BCUT2D eigenvalue weighted by molar-refractivity contribution is 0.0948. The van der Waals surface area contributed by atoms with Crippen molar-refractivity contribution >= 4 is 23.5 Å². The minimum Gasteiger partial charge on any atom is -0.351 e. The summed E-state index contributed by atoms with van der Waals surface area (Å²) < 4.78 is 2.02. The Morgan fingerprint density at radius 3 is 2.88 bits per heavy atom. The Morgan fingerprint density at radius 2 is 2.12 bits per heavy atom. The average molecular weight is 349 g/mol. The van der Waals surface area contributed by atoms with Crippen molar-refractivity contribution in [3.63, 3.8) is 0 Å². The summed E-state index contributed by atoms with van der Waals surface area (Å²) in [5.74, 6) is 0.340. The quantitative estimate of drug-likeness (QED) is 0.776. The summed E-state index contributed by atoms with van der Waals surface area (Å²) in [4.78, 5) is 27.0. The Balaban J connectivity index is 1.49. The van der Waals surface area contributed by atoms with Crippen molar-refractivity contribution in [2.45, 2.75) is 32.2 Å². The number of hydrogen-bond donors (Lipinski definition) is 1. The van der Waals surface area contributed by atoms with Crippen LogP contribution in [0.3, 0.4) is 0 Å². The maximum absolute atomic E-state index is 12.3. The number of aromatic nitrogens is 4. The molecule has 0 spiro atoms. The molecule has 0 saturated carbocycles. The molecule has 1 saturated heterocycles. The van der Waals surface area contributed by atoms with Gasteiger partial charge in [-0.2, -0.15) is 0 Å². The fraction of sp³-hybridized carbons (Fsp3) is 0.500. The highest BCUT2D eigenvalue weighted by Crippen LogP contribution is 2.19. The summed E-state index contributed by atoms with van der Waals surface area (Å²) in [5.41, 5.74) is 0.253. The maximum atomic E-state index is 12.3. The SMILES string of the molecule is O=C(NCCCCn1ccnc1)c1nc(N2CCCC2)ncc1Cl. The van der Waals surface area contributed by atoms with Gasteiger partial charge in [0.15, 0.2) is 5.69 Å². The topological polar surface area (TPSA) is 75.9 Å². The lowest BCUT2D eigenvalue weighted by Gasteiger charge is -2.16. The van der Waals surface area contributed by atoms with Gasteiger partial charge in [0.1, 0.15) is 0 Å². The van der Waals surface area contributed by atoms with E-state index in [1.165, 1.54) is 6.20 Å². The van der Waals surface area contributed by atoms with E-state index in [-0.39, 0.29) is 16.6 Å². The first-order valence-electron chi connectivity index (χ1n) is 8.25. The van der Waals surface area contributed by atoms with Crippen molar-refractivity contribution in [1.29, 1.82) is 0 Å². The summed E-state index contributed by atoms with van der Waals surface area (Å²) >= 11 is 6.09. The van der Waals surface area contributed by atoms with Gasteiger partial charge in [-0.1, -0.05) is 11.6 Å². The van der Waals surface area contributed by atoms with Crippen molar-refractivity contribution in [3.8, 4) is 0 Å². The number of nitrogens with one attached hydrogen (secondary N) is 1. The van der Waals surface area contributed by atoms with E-state index < -0.39 is 0 Å². The third-order valence-electron chi connectivity index (χ3n) is 4.02. The van der Waals surface area contributed by atoms with Gasteiger partial charge in [-0.15, -0.1) is 0 Å². The van der Waals surface area contributed by atoms with E-state index in [1.807, 2.05) is 10.8 Å². The second-order valence-electron chi connectivity index (χ2n) is 5.82. The monoisotopic (exact) mass is 348 g/mol. The van der Waals surface area contributed by atoms with E-state index in [2.05, 4.69) is 25.2 Å². The molecule has 8 heteroatoms. The predicted molar refractivity (Wildman–Crippen MR) is 92.3 cm³/mol. The number of unbranched alkanes of at least 4 members (excludes halogenated alkanes) is 1. The molecule has 2 aromatic rings. The number of carbonyl (C=O) groups is 1. The molecular weight excluding hydrogens is 328 g/mol. The molecule has 1 aliphatic rings. The molecule has 0 aromatic carbocycles. The van der Waals surface area contributed by atoms with Crippen LogP contribution in [0.4, 0.5) is 5.95 Å². The zero-order valence-corrected chi connectivity index (χ0v) is 14.2. The van der Waals surface area contributed by atoms with Crippen LogP contribution in [0.15, 0.2) is 24.9 Å². The number of halogens is 1. The molecule has 1 aliphatic heterocycles. The van der Waals surface area contributed by atoms with Gasteiger partial charge in [0.05, 0.1) is 17.5 Å². The number of hydrogen-bond acceptors (Lipinski definition) is 5. The van der Waals surface area contributed by atoms with E-state index in [9.17, 15) is 4.79 Å². The van der Waals surface area contributed by atoms with Crippen LogP contribution < -0.4 is 10.2 Å².